The standard InChI is InChI=1S/C24H33N3O4/c1-5-31-23-9-7-6-8-21(23)27-14-12-26(13-15-27)17-24(28)25-18(2)20-16-19(29-3)10-11-22(20)30-4/h6-11,16,18H,5,12-15,17H2,1-4H3,(H,25,28)/p+1/t18-/m1/s1. The van der Waals surface area contributed by atoms with E-state index in [1.54, 1.807) is 14.2 Å². The normalized spacial score (nSPS) is 15.3. The van der Waals surface area contributed by atoms with Crippen molar-refractivity contribution in [3.63, 3.8) is 0 Å². The Bertz CT molecular complexity index is 866. The third kappa shape index (κ3) is 5.82. The van der Waals surface area contributed by atoms with E-state index in [0.29, 0.717) is 13.2 Å². The van der Waals surface area contributed by atoms with E-state index >= 15 is 0 Å². The molecule has 3 rings (SSSR count). The first-order valence-electron chi connectivity index (χ1n) is 10.9. The van der Waals surface area contributed by atoms with Gasteiger partial charge >= 0.3 is 0 Å². The van der Waals surface area contributed by atoms with Crippen molar-refractivity contribution in [1.29, 1.82) is 0 Å². The molecule has 168 valence electrons. The lowest BCUT2D eigenvalue weighted by molar-refractivity contribution is -0.892. The molecule has 1 amide bonds. The average molecular weight is 429 g/mol. The summed E-state index contributed by atoms with van der Waals surface area (Å²) in [6.45, 7) is 8.68. The highest BCUT2D eigenvalue weighted by Crippen LogP contribution is 2.29. The van der Waals surface area contributed by atoms with Gasteiger partial charge in [-0.3, -0.25) is 4.79 Å². The monoisotopic (exact) mass is 428 g/mol. The lowest BCUT2D eigenvalue weighted by Crippen LogP contribution is -3.15. The van der Waals surface area contributed by atoms with Gasteiger partial charge in [-0.05, 0) is 44.2 Å². The highest BCUT2D eigenvalue weighted by atomic mass is 16.5. The zero-order valence-corrected chi connectivity index (χ0v) is 18.9. The largest absolute Gasteiger partial charge is 0.497 e. The molecule has 1 heterocycles. The van der Waals surface area contributed by atoms with E-state index in [-0.39, 0.29) is 11.9 Å². The molecule has 2 N–H and O–H groups in total. The number of hydrogen-bond donors (Lipinski definition) is 2. The molecule has 1 aliphatic rings. The zero-order valence-electron chi connectivity index (χ0n) is 18.9. The molecular weight excluding hydrogens is 394 g/mol. The van der Waals surface area contributed by atoms with Gasteiger partial charge in [0.2, 0.25) is 0 Å². The van der Waals surface area contributed by atoms with Gasteiger partial charge in [0, 0.05) is 5.56 Å². The Labute approximate surface area is 184 Å². The maximum atomic E-state index is 12.7. The van der Waals surface area contributed by atoms with Crippen molar-refractivity contribution < 1.29 is 23.9 Å². The number of quaternary nitrogens is 1. The van der Waals surface area contributed by atoms with Crippen molar-refractivity contribution in [3.05, 3.63) is 48.0 Å². The number of ether oxygens (including phenoxy) is 3. The number of piperazine rings is 1. The van der Waals surface area contributed by atoms with Crippen molar-refractivity contribution >= 4 is 11.6 Å². The summed E-state index contributed by atoms with van der Waals surface area (Å²) in [6.07, 6.45) is 0. The van der Waals surface area contributed by atoms with Crippen molar-refractivity contribution in [2.75, 3.05) is 58.5 Å². The first-order valence-corrected chi connectivity index (χ1v) is 10.9. The minimum Gasteiger partial charge on any atom is -0.497 e. The molecular formula is C24H34N3O4+. The van der Waals surface area contributed by atoms with Gasteiger partial charge in [-0.2, -0.15) is 0 Å². The summed E-state index contributed by atoms with van der Waals surface area (Å²) < 4.78 is 16.5. The lowest BCUT2D eigenvalue weighted by Gasteiger charge is -2.34. The molecule has 0 bridgehead atoms. The van der Waals surface area contributed by atoms with Gasteiger partial charge in [0.05, 0.1) is 58.7 Å². The van der Waals surface area contributed by atoms with Crippen molar-refractivity contribution in [2.45, 2.75) is 19.9 Å². The fraction of sp³-hybridized carbons (Fsp3) is 0.458. The molecule has 0 radical (unpaired) electrons. The van der Waals surface area contributed by atoms with Crippen LogP contribution < -0.4 is 29.3 Å². The lowest BCUT2D eigenvalue weighted by atomic mass is 10.1. The van der Waals surface area contributed by atoms with Gasteiger partial charge in [0.1, 0.15) is 17.2 Å². The number of carbonyl (C=O) groups excluding carboxylic acids is 1. The van der Waals surface area contributed by atoms with E-state index in [0.717, 1.165) is 54.7 Å². The zero-order chi connectivity index (χ0) is 22.2. The molecule has 0 unspecified atom stereocenters. The second-order valence-corrected chi connectivity index (χ2v) is 7.71. The van der Waals surface area contributed by atoms with E-state index in [1.807, 2.05) is 50.2 Å². The second kappa shape index (κ2) is 10.9. The van der Waals surface area contributed by atoms with Crippen LogP contribution in [0.4, 0.5) is 5.69 Å². The SMILES string of the molecule is CCOc1ccccc1N1CC[NH+](CC(=O)N[C@H](C)c2cc(OC)ccc2OC)CC1. The molecule has 0 aromatic heterocycles. The molecule has 0 aliphatic carbocycles. The quantitative estimate of drug-likeness (QED) is 0.636. The summed E-state index contributed by atoms with van der Waals surface area (Å²) in [4.78, 5) is 16.3. The van der Waals surface area contributed by atoms with Crippen LogP contribution in [-0.4, -0.2) is 59.5 Å². The maximum absolute atomic E-state index is 12.7. The molecule has 0 spiro atoms. The average Bonchev–Trinajstić information content (AvgIpc) is 2.79. The first-order chi connectivity index (χ1) is 15.0. The molecule has 31 heavy (non-hydrogen) atoms. The van der Waals surface area contributed by atoms with Gasteiger partial charge in [0.25, 0.3) is 5.91 Å². The van der Waals surface area contributed by atoms with Crippen LogP contribution in [0.3, 0.4) is 0 Å². The van der Waals surface area contributed by atoms with Crippen molar-refractivity contribution in [3.8, 4) is 17.2 Å². The number of nitrogens with one attached hydrogen (secondary N) is 2. The number of anilines is 1. The fourth-order valence-electron chi connectivity index (χ4n) is 4.01. The fourth-order valence-corrected chi connectivity index (χ4v) is 4.01. The van der Waals surface area contributed by atoms with Crippen LogP contribution >= 0.6 is 0 Å². The predicted octanol–water partition coefficient (Wildman–Crippen LogP) is 1.68. The Morgan fingerprint density at radius 3 is 2.52 bits per heavy atom. The van der Waals surface area contributed by atoms with E-state index in [9.17, 15) is 4.79 Å². The highest BCUT2D eigenvalue weighted by Gasteiger charge is 2.25. The number of amides is 1. The third-order valence-corrected chi connectivity index (χ3v) is 5.67. The number of para-hydroxylation sites is 2. The predicted molar refractivity (Wildman–Crippen MR) is 121 cm³/mol. The number of rotatable bonds is 9. The van der Waals surface area contributed by atoms with Gasteiger partial charge in [0.15, 0.2) is 6.54 Å². The number of carbonyl (C=O) groups is 1. The molecule has 1 aliphatic heterocycles. The Kier molecular flexibility index (Phi) is 8.00. The number of methoxy groups -OCH3 is 2. The Morgan fingerprint density at radius 2 is 1.84 bits per heavy atom. The van der Waals surface area contributed by atoms with Crippen LogP contribution in [0.15, 0.2) is 42.5 Å². The Balaban J connectivity index is 1.54. The summed E-state index contributed by atoms with van der Waals surface area (Å²) in [5.74, 6) is 2.44. The maximum Gasteiger partial charge on any atom is 0.275 e. The molecule has 7 heteroatoms. The number of nitrogens with zero attached hydrogens (tertiary/aromatic N) is 1. The number of hydrogen-bond acceptors (Lipinski definition) is 5. The van der Waals surface area contributed by atoms with Crippen LogP contribution in [0, 0.1) is 0 Å². The minimum absolute atomic E-state index is 0.0375. The Morgan fingerprint density at radius 1 is 1.10 bits per heavy atom. The summed E-state index contributed by atoms with van der Waals surface area (Å²) in [5.41, 5.74) is 2.04. The Hall–Kier alpha value is -2.93. The van der Waals surface area contributed by atoms with Gasteiger partial charge in [-0.1, -0.05) is 12.1 Å². The van der Waals surface area contributed by atoms with E-state index in [4.69, 9.17) is 14.2 Å². The first kappa shape index (κ1) is 22.7. The minimum atomic E-state index is -0.170. The molecule has 2 aromatic carbocycles. The molecule has 1 saturated heterocycles. The van der Waals surface area contributed by atoms with Crippen LogP contribution in [0.5, 0.6) is 17.2 Å². The van der Waals surface area contributed by atoms with Crippen molar-refractivity contribution in [1.82, 2.24) is 5.32 Å². The van der Waals surface area contributed by atoms with Crippen molar-refractivity contribution in [2.24, 2.45) is 0 Å². The van der Waals surface area contributed by atoms with E-state index in [2.05, 4.69) is 16.3 Å². The highest BCUT2D eigenvalue weighted by molar-refractivity contribution is 5.77. The van der Waals surface area contributed by atoms with E-state index < -0.39 is 0 Å². The molecule has 1 fully saturated rings. The molecule has 1 atom stereocenters. The molecule has 2 aromatic rings. The summed E-state index contributed by atoms with van der Waals surface area (Å²) >= 11 is 0. The van der Waals surface area contributed by atoms with Crippen LogP contribution in [-0.2, 0) is 4.79 Å². The summed E-state index contributed by atoms with van der Waals surface area (Å²) in [7, 11) is 3.26. The van der Waals surface area contributed by atoms with Crippen LogP contribution in [0.25, 0.3) is 0 Å². The van der Waals surface area contributed by atoms with Crippen LogP contribution in [0.2, 0.25) is 0 Å². The van der Waals surface area contributed by atoms with Crippen LogP contribution in [0.1, 0.15) is 25.5 Å². The number of benzene rings is 2. The topological polar surface area (TPSA) is 64.5 Å². The van der Waals surface area contributed by atoms with E-state index in [1.165, 1.54) is 4.90 Å². The summed E-state index contributed by atoms with van der Waals surface area (Å²) in [5, 5.41) is 3.11. The molecule has 7 nitrogen and oxygen atoms in total. The van der Waals surface area contributed by atoms with Gasteiger partial charge < -0.3 is 29.3 Å². The molecule has 0 saturated carbocycles. The summed E-state index contributed by atoms with van der Waals surface area (Å²) in [6, 6.07) is 13.6. The smallest absolute Gasteiger partial charge is 0.275 e. The van der Waals surface area contributed by atoms with Gasteiger partial charge in [-0.15, -0.1) is 0 Å². The third-order valence-electron chi connectivity index (χ3n) is 5.67. The van der Waals surface area contributed by atoms with Gasteiger partial charge in [-0.25, -0.2) is 0 Å². The second-order valence-electron chi connectivity index (χ2n) is 7.71.